The van der Waals surface area contributed by atoms with Crippen molar-refractivity contribution in [3.63, 3.8) is 0 Å². The standard InChI is InChI=1S/C13H13F17O3Si.C2H6O/c1-31-34(32-2,33-3)13(29,30)12(27,28)11(25,26)10(23,24)9(21,22)8(19,20)6(14,15)4-5-7(16,17)18;1-2-3/h4-5H2,1-3H3;3H,2H2,1H3. The van der Waals surface area contributed by atoms with Crippen molar-refractivity contribution in [3.8, 4) is 0 Å². The molecule has 226 valence electrons. The molecule has 0 radical (unpaired) electrons. The van der Waals surface area contributed by atoms with Gasteiger partial charge in [-0.3, -0.25) is 0 Å². The van der Waals surface area contributed by atoms with Gasteiger partial charge in [0.15, 0.2) is 0 Å². The number of aliphatic hydroxyl groups excluding tert-OH is 1. The smallest absolute Gasteiger partial charge is 0.397 e. The van der Waals surface area contributed by atoms with Crippen LogP contribution in [0.15, 0.2) is 0 Å². The summed E-state index contributed by atoms with van der Waals surface area (Å²) in [6.45, 7) is 1.93. The molecule has 0 heterocycles. The molecule has 37 heavy (non-hydrogen) atoms. The largest absolute Gasteiger partial charge is 0.581 e. The molecule has 1 N–H and O–H groups in total. The molecule has 0 saturated heterocycles. The third-order valence-corrected chi connectivity index (χ3v) is 7.04. The van der Waals surface area contributed by atoms with Gasteiger partial charge < -0.3 is 18.4 Å². The summed E-state index contributed by atoms with van der Waals surface area (Å²) >= 11 is 0. The highest BCUT2D eigenvalue weighted by molar-refractivity contribution is 6.63. The first kappa shape index (κ1) is 38.0. The van der Waals surface area contributed by atoms with Crippen LogP contribution >= 0.6 is 0 Å². The van der Waals surface area contributed by atoms with Crippen molar-refractivity contribution in [1.29, 1.82) is 0 Å². The second-order valence-electron chi connectivity index (χ2n) is 6.75. The third kappa shape index (κ3) is 6.21. The fourth-order valence-electron chi connectivity index (χ4n) is 2.30. The lowest BCUT2D eigenvalue weighted by Crippen LogP contribution is -2.77. The Kier molecular flexibility index (Phi) is 11.9. The molecule has 0 saturated carbocycles. The van der Waals surface area contributed by atoms with Crippen LogP contribution in [0.4, 0.5) is 74.6 Å². The van der Waals surface area contributed by atoms with Crippen molar-refractivity contribution in [2.75, 3.05) is 27.9 Å². The maximum absolute atomic E-state index is 14.1. The Morgan fingerprint density at radius 1 is 0.514 bits per heavy atom. The lowest BCUT2D eigenvalue weighted by atomic mass is 9.90. The van der Waals surface area contributed by atoms with Crippen LogP contribution < -0.4 is 0 Å². The first-order chi connectivity index (χ1) is 16.1. The summed E-state index contributed by atoms with van der Waals surface area (Å²) in [6, 6.07) is 0. The van der Waals surface area contributed by atoms with Crippen molar-refractivity contribution < 1.29 is 93.0 Å². The van der Waals surface area contributed by atoms with Gasteiger partial charge in [0.05, 0.1) is 0 Å². The number of rotatable bonds is 12. The lowest BCUT2D eigenvalue weighted by Gasteiger charge is -2.44. The van der Waals surface area contributed by atoms with E-state index >= 15 is 0 Å². The van der Waals surface area contributed by atoms with E-state index in [-0.39, 0.29) is 27.9 Å². The normalized spacial score (nSPS) is 15.4. The Hall–Kier alpha value is -1.13. The fraction of sp³-hybridized carbons (Fsp3) is 1.00. The molecule has 22 heteroatoms. The number of hydrogen-bond donors (Lipinski definition) is 1. The number of halogens is 17. The zero-order chi connectivity index (χ0) is 30.7. The molecular formula is C15H19F17O4Si. The van der Waals surface area contributed by atoms with Crippen LogP contribution in [0.2, 0.25) is 0 Å². The molecule has 0 aliphatic rings. The predicted octanol–water partition coefficient (Wildman–Crippen LogP) is 6.19. The predicted molar refractivity (Wildman–Crippen MR) is 89.5 cm³/mol. The molecule has 0 atom stereocenters. The zero-order valence-electron chi connectivity index (χ0n) is 18.7. The Balaban J connectivity index is 0. The van der Waals surface area contributed by atoms with Crippen LogP contribution in [-0.2, 0) is 13.3 Å². The number of aliphatic hydroxyl groups is 1. The van der Waals surface area contributed by atoms with Gasteiger partial charge in [-0.25, -0.2) is 0 Å². The lowest BCUT2D eigenvalue weighted by molar-refractivity contribution is -0.438. The number of hydrogen-bond acceptors (Lipinski definition) is 4. The molecule has 0 aliphatic heterocycles. The molecule has 0 aromatic heterocycles. The SMILES string of the molecule is CCO.CO[Si](OC)(OC)C(F)(F)C(F)(F)C(F)(F)C(F)(F)C(F)(F)C(F)(F)C(F)(F)CCC(F)(F)F. The Bertz CT molecular complexity index is 714. The van der Waals surface area contributed by atoms with Crippen molar-refractivity contribution in [1.82, 2.24) is 0 Å². The quantitative estimate of drug-likeness (QED) is 0.211. The summed E-state index contributed by atoms with van der Waals surface area (Å²) in [5.41, 5.74) is -6.80. The Morgan fingerprint density at radius 2 is 0.784 bits per heavy atom. The molecule has 0 rings (SSSR count). The van der Waals surface area contributed by atoms with Crippen LogP contribution in [-0.4, -0.2) is 89.1 Å². The summed E-state index contributed by atoms with van der Waals surface area (Å²) in [5.74, 6) is -47.6. The van der Waals surface area contributed by atoms with Gasteiger partial charge in [0, 0.05) is 40.8 Å². The van der Waals surface area contributed by atoms with Crippen LogP contribution in [0.5, 0.6) is 0 Å². The molecule has 0 aromatic rings. The molecule has 0 spiro atoms. The van der Waals surface area contributed by atoms with Crippen molar-refractivity contribution in [2.24, 2.45) is 0 Å². The van der Waals surface area contributed by atoms with E-state index < -0.39 is 68.9 Å². The summed E-state index contributed by atoms with van der Waals surface area (Å²) in [4.78, 5) is 0. The maximum atomic E-state index is 14.1. The van der Waals surface area contributed by atoms with E-state index in [2.05, 4.69) is 13.3 Å². The van der Waals surface area contributed by atoms with E-state index in [1.54, 1.807) is 6.92 Å². The van der Waals surface area contributed by atoms with Gasteiger partial charge >= 0.3 is 56.1 Å². The van der Waals surface area contributed by atoms with Crippen molar-refractivity contribution in [3.05, 3.63) is 0 Å². The van der Waals surface area contributed by atoms with E-state index in [1.165, 1.54) is 0 Å². The topological polar surface area (TPSA) is 47.9 Å². The average Bonchev–Trinajstić information content (AvgIpc) is 2.73. The second kappa shape index (κ2) is 11.5. The highest BCUT2D eigenvalue weighted by Crippen LogP contribution is 2.63. The minimum Gasteiger partial charge on any atom is -0.397 e. The maximum Gasteiger partial charge on any atom is 0.581 e. The van der Waals surface area contributed by atoms with Gasteiger partial charge in [0.1, 0.15) is 0 Å². The summed E-state index contributed by atoms with van der Waals surface area (Å²) in [5, 5.41) is 7.57. The van der Waals surface area contributed by atoms with Gasteiger partial charge in [0.25, 0.3) is 0 Å². The van der Waals surface area contributed by atoms with Crippen LogP contribution in [0.25, 0.3) is 0 Å². The highest BCUT2D eigenvalue weighted by atomic mass is 28.4. The van der Waals surface area contributed by atoms with Gasteiger partial charge in [0.2, 0.25) is 0 Å². The molecule has 0 unspecified atom stereocenters. The summed E-state index contributed by atoms with van der Waals surface area (Å²) in [7, 11) is -6.45. The molecule has 0 aliphatic carbocycles. The molecule has 0 bridgehead atoms. The van der Waals surface area contributed by atoms with E-state index in [9.17, 15) is 74.6 Å². The van der Waals surface area contributed by atoms with E-state index in [1.807, 2.05) is 0 Å². The molecular weight excluding hydrogens is 595 g/mol. The minimum atomic E-state index is -8.44. The van der Waals surface area contributed by atoms with Crippen LogP contribution in [0.1, 0.15) is 19.8 Å². The van der Waals surface area contributed by atoms with E-state index in [0.29, 0.717) is 0 Å². The first-order valence-corrected chi connectivity index (χ1v) is 10.8. The minimum absolute atomic E-state index is 0.0312. The van der Waals surface area contributed by atoms with Crippen molar-refractivity contribution in [2.45, 2.75) is 67.0 Å². The van der Waals surface area contributed by atoms with Gasteiger partial charge in [-0.2, -0.15) is 74.6 Å². The first-order valence-electron chi connectivity index (χ1n) is 9.03. The summed E-state index contributed by atoms with van der Waals surface area (Å²) in [6.07, 6.45) is -12.2. The molecule has 0 aromatic carbocycles. The van der Waals surface area contributed by atoms with Gasteiger partial charge in [-0.05, 0) is 6.92 Å². The summed E-state index contributed by atoms with van der Waals surface area (Å²) < 4.78 is 239. The monoisotopic (exact) mass is 614 g/mol. The van der Waals surface area contributed by atoms with Crippen LogP contribution in [0, 0.1) is 0 Å². The zero-order valence-corrected chi connectivity index (χ0v) is 19.7. The van der Waals surface area contributed by atoms with Gasteiger partial charge in [-0.1, -0.05) is 0 Å². The molecule has 4 nitrogen and oxygen atoms in total. The fourth-order valence-corrected chi connectivity index (χ4v) is 4.11. The van der Waals surface area contributed by atoms with Gasteiger partial charge in [-0.15, -0.1) is 0 Å². The highest BCUT2D eigenvalue weighted by Gasteiger charge is 2.95. The van der Waals surface area contributed by atoms with Crippen LogP contribution in [0.3, 0.4) is 0 Å². The average molecular weight is 614 g/mol. The van der Waals surface area contributed by atoms with E-state index in [4.69, 9.17) is 5.11 Å². The second-order valence-corrected chi connectivity index (χ2v) is 9.72. The Morgan fingerprint density at radius 3 is 1.05 bits per heavy atom. The van der Waals surface area contributed by atoms with Crippen molar-refractivity contribution >= 4 is 8.80 Å². The molecule has 0 amide bonds. The Labute approximate surface area is 198 Å². The van der Waals surface area contributed by atoms with E-state index in [0.717, 1.165) is 0 Å². The molecule has 0 fully saturated rings. The number of alkyl halides is 17. The third-order valence-electron chi connectivity index (χ3n) is 4.34.